The first-order valence-electron chi connectivity index (χ1n) is 5.53. The molecule has 2 aromatic rings. The largest absolute Gasteiger partial charge is 0.337 e. The summed E-state index contributed by atoms with van der Waals surface area (Å²) in [6, 6.07) is 1.72. The van der Waals surface area contributed by atoms with Gasteiger partial charge in [-0.15, -0.1) is 0 Å². The zero-order valence-corrected chi connectivity index (χ0v) is 10.7. The number of amides is 1. The summed E-state index contributed by atoms with van der Waals surface area (Å²) in [4.78, 5) is 19.6. The Morgan fingerprint density at radius 3 is 3.06 bits per heavy atom. The number of carbonyl (C=O) groups excluding carboxylic acids is 1. The first-order chi connectivity index (χ1) is 8.65. The highest BCUT2D eigenvalue weighted by atomic mass is 35.5. The van der Waals surface area contributed by atoms with Crippen molar-refractivity contribution in [3.8, 4) is 0 Å². The molecule has 0 atom stereocenters. The Bertz CT molecular complexity index is 539. The average molecular weight is 265 g/mol. The standard InChI is InChI=1S/C12H13ClN4O/c1-9-6-11(13)15-7-10(9)16-12(18)2-4-17-5-3-14-8-17/h3,5-8H,2,4H2,1H3,(H,16,18). The molecule has 18 heavy (non-hydrogen) atoms. The predicted molar refractivity (Wildman–Crippen MR) is 69.5 cm³/mol. The number of anilines is 1. The van der Waals surface area contributed by atoms with Crippen LogP contribution in [0.1, 0.15) is 12.0 Å². The fraction of sp³-hybridized carbons (Fsp3) is 0.250. The molecule has 0 fully saturated rings. The van der Waals surface area contributed by atoms with Crippen molar-refractivity contribution in [2.45, 2.75) is 19.9 Å². The van der Waals surface area contributed by atoms with Crippen molar-refractivity contribution in [2.24, 2.45) is 0 Å². The van der Waals surface area contributed by atoms with Gasteiger partial charge in [-0.3, -0.25) is 4.79 Å². The zero-order valence-electron chi connectivity index (χ0n) is 9.93. The van der Waals surface area contributed by atoms with E-state index in [0.29, 0.717) is 23.8 Å². The van der Waals surface area contributed by atoms with Gasteiger partial charge in [-0.25, -0.2) is 9.97 Å². The summed E-state index contributed by atoms with van der Waals surface area (Å²) in [7, 11) is 0. The SMILES string of the molecule is Cc1cc(Cl)ncc1NC(=O)CCn1ccnc1. The molecular weight excluding hydrogens is 252 g/mol. The molecule has 2 heterocycles. The molecule has 0 unspecified atom stereocenters. The van der Waals surface area contributed by atoms with E-state index in [4.69, 9.17) is 11.6 Å². The normalized spacial score (nSPS) is 10.3. The Morgan fingerprint density at radius 2 is 2.39 bits per heavy atom. The van der Waals surface area contributed by atoms with Crippen LogP contribution in [0.15, 0.2) is 31.0 Å². The number of hydrogen-bond acceptors (Lipinski definition) is 3. The topological polar surface area (TPSA) is 59.8 Å². The Kier molecular flexibility index (Phi) is 3.94. The van der Waals surface area contributed by atoms with Crippen molar-refractivity contribution < 1.29 is 4.79 Å². The molecule has 0 saturated carbocycles. The van der Waals surface area contributed by atoms with Crippen LogP contribution in [0.3, 0.4) is 0 Å². The van der Waals surface area contributed by atoms with Crippen LogP contribution in [0.2, 0.25) is 5.15 Å². The number of nitrogens with one attached hydrogen (secondary N) is 1. The van der Waals surface area contributed by atoms with Crippen molar-refractivity contribution in [3.63, 3.8) is 0 Å². The van der Waals surface area contributed by atoms with Crippen LogP contribution in [-0.2, 0) is 11.3 Å². The summed E-state index contributed by atoms with van der Waals surface area (Å²) >= 11 is 5.75. The van der Waals surface area contributed by atoms with Crippen molar-refractivity contribution in [2.75, 3.05) is 5.32 Å². The monoisotopic (exact) mass is 264 g/mol. The van der Waals surface area contributed by atoms with Gasteiger partial charge in [-0.2, -0.15) is 0 Å². The fourth-order valence-electron chi connectivity index (χ4n) is 1.51. The molecule has 0 aliphatic rings. The third-order valence-electron chi connectivity index (χ3n) is 2.51. The smallest absolute Gasteiger partial charge is 0.226 e. The number of aryl methyl sites for hydroxylation is 2. The molecule has 1 amide bonds. The van der Waals surface area contributed by atoms with Crippen LogP contribution >= 0.6 is 11.6 Å². The molecule has 0 radical (unpaired) electrons. The van der Waals surface area contributed by atoms with Gasteiger partial charge in [-0.05, 0) is 18.6 Å². The minimum absolute atomic E-state index is 0.0593. The lowest BCUT2D eigenvalue weighted by atomic mass is 10.2. The van der Waals surface area contributed by atoms with Gasteiger partial charge in [0.25, 0.3) is 0 Å². The van der Waals surface area contributed by atoms with Crippen LogP contribution in [0.25, 0.3) is 0 Å². The molecule has 0 aliphatic heterocycles. The molecule has 2 rings (SSSR count). The molecule has 5 nitrogen and oxygen atoms in total. The highest BCUT2D eigenvalue weighted by molar-refractivity contribution is 6.29. The molecule has 94 valence electrons. The van der Waals surface area contributed by atoms with E-state index >= 15 is 0 Å². The molecule has 0 saturated heterocycles. The van der Waals surface area contributed by atoms with E-state index in [9.17, 15) is 4.79 Å². The van der Waals surface area contributed by atoms with Crippen molar-refractivity contribution in [1.82, 2.24) is 14.5 Å². The summed E-state index contributed by atoms with van der Waals surface area (Å²) in [5.74, 6) is -0.0593. The number of nitrogens with zero attached hydrogens (tertiary/aromatic N) is 3. The Hall–Kier alpha value is -1.88. The van der Waals surface area contributed by atoms with Crippen LogP contribution in [0.5, 0.6) is 0 Å². The highest BCUT2D eigenvalue weighted by Gasteiger charge is 2.06. The van der Waals surface area contributed by atoms with E-state index in [1.165, 1.54) is 0 Å². The lowest BCUT2D eigenvalue weighted by Crippen LogP contribution is -2.15. The summed E-state index contributed by atoms with van der Waals surface area (Å²) < 4.78 is 1.85. The molecule has 0 spiro atoms. The van der Waals surface area contributed by atoms with Crippen molar-refractivity contribution >= 4 is 23.2 Å². The second-order valence-electron chi connectivity index (χ2n) is 3.92. The van der Waals surface area contributed by atoms with Crippen molar-refractivity contribution in [3.05, 3.63) is 41.7 Å². The second kappa shape index (κ2) is 5.64. The highest BCUT2D eigenvalue weighted by Crippen LogP contribution is 2.16. The summed E-state index contributed by atoms with van der Waals surface area (Å²) in [6.45, 7) is 2.48. The van der Waals surface area contributed by atoms with Crippen LogP contribution < -0.4 is 5.32 Å². The van der Waals surface area contributed by atoms with Crippen molar-refractivity contribution in [1.29, 1.82) is 0 Å². The van der Waals surface area contributed by atoms with Gasteiger partial charge >= 0.3 is 0 Å². The van der Waals surface area contributed by atoms with Gasteiger partial charge in [0.15, 0.2) is 0 Å². The number of carbonyl (C=O) groups is 1. The number of aromatic nitrogens is 3. The quantitative estimate of drug-likeness (QED) is 0.862. The lowest BCUT2D eigenvalue weighted by molar-refractivity contribution is -0.116. The van der Waals surface area contributed by atoms with Crippen LogP contribution in [0.4, 0.5) is 5.69 Å². The number of halogens is 1. The first kappa shape index (κ1) is 12.6. The van der Waals surface area contributed by atoms with E-state index < -0.39 is 0 Å². The third-order valence-corrected chi connectivity index (χ3v) is 2.71. The minimum Gasteiger partial charge on any atom is -0.337 e. The van der Waals surface area contributed by atoms with Gasteiger partial charge in [0, 0.05) is 25.4 Å². The second-order valence-corrected chi connectivity index (χ2v) is 4.31. The maximum absolute atomic E-state index is 11.7. The first-order valence-corrected chi connectivity index (χ1v) is 5.90. The fourth-order valence-corrected chi connectivity index (χ4v) is 1.73. The van der Waals surface area contributed by atoms with Gasteiger partial charge in [0.05, 0.1) is 18.2 Å². The number of imidazole rings is 1. The van der Waals surface area contributed by atoms with E-state index in [0.717, 1.165) is 5.56 Å². The number of hydrogen-bond donors (Lipinski definition) is 1. The molecule has 1 N–H and O–H groups in total. The predicted octanol–water partition coefficient (Wildman–Crippen LogP) is 2.27. The maximum Gasteiger partial charge on any atom is 0.226 e. The maximum atomic E-state index is 11.7. The molecule has 0 aliphatic carbocycles. The Balaban J connectivity index is 1.91. The molecular formula is C12H13ClN4O. The van der Waals surface area contributed by atoms with Gasteiger partial charge in [-0.1, -0.05) is 11.6 Å². The number of pyridine rings is 1. The van der Waals surface area contributed by atoms with Gasteiger partial charge < -0.3 is 9.88 Å². The Morgan fingerprint density at radius 1 is 1.56 bits per heavy atom. The Labute approximate surface area is 110 Å². The van der Waals surface area contributed by atoms with E-state index in [-0.39, 0.29) is 5.91 Å². The molecule has 2 aromatic heterocycles. The minimum atomic E-state index is -0.0593. The van der Waals surface area contributed by atoms with Crippen LogP contribution in [0, 0.1) is 6.92 Å². The molecule has 0 aromatic carbocycles. The number of rotatable bonds is 4. The zero-order chi connectivity index (χ0) is 13.0. The van der Waals surface area contributed by atoms with E-state index in [2.05, 4.69) is 15.3 Å². The molecule has 0 bridgehead atoms. The van der Waals surface area contributed by atoms with Gasteiger partial charge in [0.2, 0.25) is 5.91 Å². The summed E-state index contributed by atoms with van der Waals surface area (Å²) in [5, 5.41) is 3.23. The van der Waals surface area contributed by atoms with E-state index in [1.54, 1.807) is 24.8 Å². The third kappa shape index (κ3) is 3.30. The summed E-state index contributed by atoms with van der Waals surface area (Å²) in [6.07, 6.45) is 7.14. The van der Waals surface area contributed by atoms with Crippen LogP contribution in [-0.4, -0.2) is 20.4 Å². The van der Waals surface area contributed by atoms with Gasteiger partial charge in [0.1, 0.15) is 5.15 Å². The lowest BCUT2D eigenvalue weighted by Gasteiger charge is -2.08. The summed E-state index contributed by atoms with van der Waals surface area (Å²) in [5.41, 5.74) is 1.58. The molecule has 6 heteroatoms. The van der Waals surface area contributed by atoms with E-state index in [1.807, 2.05) is 17.7 Å². The average Bonchev–Trinajstić information content (AvgIpc) is 2.83.